The minimum absolute atomic E-state index is 0.0926. The average Bonchev–Trinajstić information content (AvgIpc) is 2.36. The molecule has 2 rings (SSSR count). The summed E-state index contributed by atoms with van der Waals surface area (Å²) in [7, 11) is 0. The molecule has 1 aliphatic rings. The van der Waals surface area contributed by atoms with Crippen molar-refractivity contribution in [3.05, 3.63) is 34.9 Å². The van der Waals surface area contributed by atoms with E-state index < -0.39 is 17.5 Å². The lowest BCUT2D eigenvalue weighted by atomic mass is 10.0. The Bertz CT molecular complexity index is 473. The largest absolute Gasteiger partial charge is 0.336 e. The number of carbonyl (C=O) groups is 1. The van der Waals surface area contributed by atoms with Crippen molar-refractivity contribution in [2.45, 2.75) is 39.2 Å². The summed E-state index contributed by atoms with van der Waals surface area (Å²) in [5.74, 6) is -2.36. The Morgan fingerprint density at radius 1 is 1.28 bits per heavy atom. The molecule has 0 aromatic heterocycles. The average molecular weight is 253 g/mol. The lowest BCUT2D eigenvalue weighted by Gasteiger charge is -2.33. The Kier molecular flexibility index (Phi) is 3.64. The summed E-state index contributed by atoms with van der Waals surface area (Å²) in [6.45, 7) is 4.05. The number of likely N-dealkylation sites (tertiary alicyclic amines) is 1. The zero-order chi connectivity index (χ0) is 13.3. The maximum atomic E-state index is 13.8. The van der Waals surface area contributed by atoms with Crippen molar-refractivity contribution in [3.8, 4) is 0 Å². The van der Waals surface area contributed by atoms with Crippen molar-refractivity contribution < 1.29 is 13.6 Å². The standard InChI is InChI=1S/C14H17F2NO/c1-9-6-7-11(13(16)12(9)15)14(18)17-8-4-3-5-10(17)2/h6-7,10H,3-5,8H2,1-2H3/t10-/m1/s1. The fourth-order valence-electron chi connectivity index (χ4n) is 2.37. The molecule has 1 heterocycles. The van der Waals surface area contributed by atoms with Crippen molar-refractivity contribution in [1.29, 1.82) is 0 Å². The second-order valence-corrected chi connectivity index (χ2v) is 4.90. The fraction of sp³-hybridized carbons (Fsp3) is 0.500. The van der Waals surface area contributed by atoms with Crippen LogP contribution in [0.25, 0.3) is 0 Å². The van der Waals surface area contributed by atoms with Gasteiger partial charge >= 0.3 is 0 Å². The van der Waals surface area contributed by atoms with Gasteiger partial charge in [0.2, 0.25) is 0 Å². The Morgan fingerprint density at radius 3 is 2.67 bits per heavy atom. The molecule has 1 atom stereocenters. The Labute approximate surface area is 106 Å². The van der Waals surface area contributed by atoms with E-state index in [1.165, 1.54) is 19.1 Å². The number of hydrogen-bond acceptors (Lipinski definition) is 1. The van der Waals surface area contributed by atoms with E-state index in [0.29, 0.717) is 6.54 Å². The van der Waals surface area contributed by atoms with E-state index in [4.69, 9.17) is 0 Å². The number of hydrogen-bond donors (Lipinski definition) is 0. The molecule has 0 aliphatic carbocycles. The number of carbonyl (C=O) groups excluding carboxylic acids is 1. The molecular formula is C14H17F2NO. The normalized spacial score (nSPS) is 20.0. The van der Waals surface area contributed by atoms with Crippen molar-refractivity contribution >= 4 is 5.91 Å². The van der Waals surface area contributed by atoms with Gasteiger partial charge in [-0.3, -0.25) is 4.79 Å². The third kappa shape index (κ3) is 2.24. The molecule has 0 radical (unpaired) electrons. The molecule has 0 saturated carbocycles. The minimum atomic E-state index is -1.03. The monoisotopic (exact) mass is 253 g/mol. The Morgan fingerprint density at radius 2 is 2.00 bits per heavy atom. The molecule has 0 bridgehead atoms. The van der Waals surface area contributed by atoms with Gasteiger partial charge in [0, 0.05) is 12.6 Å². The summed E-state index contributed by atoms with van der Waals surface area (Å²) in [5, 5.41) is 0. The third-order valence-electron chi connectivity index (χ3n) is 3.57. The first-order valence-electron chi connectivity index (χ1n) is 6.28. The molecule has 1 aliphatic heterocycles. The first kappa shape index (κ1) is 13.0. The van der Waals surface area contributed by atoms with Crippen LogP contribution < -0.4 is 0 Å². The van der Waals surface area contributed by atoms with E-state index in [9.17, 15) is 13.6 Å². The molecule has 4 heteroatoms. The zero-order valence-corrected chi connectivity index (χ0v) is 10.7. The molecule has 98 valence electrons. The van der Waals surface area contributed by atoms with Crippen LogP contribution in [0.1, 0.15) is 42.1 Å². The summed E-state index contributed by atoms with van der Waals surface area (Å²) >= 11 is 0. The van der Waals surface area contributed by atoms with E-state index in [2.05, 4.69) is 0 Å². The molecule has 2 nitrogen and oxygen atoms in total. The molecule has 1 aromatic rings. The maximum Gasteiger partial charge on any atom is 0.257 e. The highest BCUT2D eigenvalue weighted by atomic mass is 19.2. The lowest BCUT2D eigenvalue weighted by molar-refractivity contribution is 0.0629. The van der Waals surface area contributed by atoms with Gasteiger partial charge in [-0.25, -0.2) is 8.78 Å². The number of aryl methyl sites for hydroxylation is 1. The third-order valence-corrected chi connectivity index (χ3v) is 3.57. The Balaban J connectivity index is 2.31. The van der Waals surface area contributed by atoms with Crippen LogP contribution in [0.4, 0.5) is 8.78 Å². The van der Waals surface area contributed by atoms with Crippen LogP contribution in [0.5, 0.6) is 0 Å². The second kappa shape index (κ2) is 5.04. The van der Waals surface area contributed by atoms with Gasteiger partial charge in [0.25, 0.3) is 5.91 Å². The number of rotatable bonds is 1. The summed E-state index contributed by atoms with van der Waals surface area (Å²) in [6.07, 6.45) is 2.92. The number of amides is 1. The number of piperidine rings is 1. The van der Waals surface area contributed by atoms with Crippen LogP contribution in [0.15, 0.2) is 12.1 Å². The molecule has 1 aromatic carbocycles. The van der Waals surface area contributed by atoms with Gasteiger partial charge in [-0.2, -0.15) is 0 Å². The van der Waals surface area contributed by atoms with Gasteiger partial charge in [-0.1, -0.05) is 6.07 Å². The topological polar surface area (TPSA) is 20.3 Å². The molecule has 0 spiro atoms. The van der Waals surface area contributed by atoms with Crippen molar-refractivity contribution in [1.82, 2.24) is 4.90 Å². The van der Waals surface area contributed by atoms with Gasteiger partial charge in [0.15, 0.2) is 11.6 Å². The van der Waals surface area contributed by atoms with E-state index in [1.807, 2.05) is 6.92 Å². The van der Waals surface area contributed by atoms with E-state index >= 15 is 0 Å². The van der Waals surface area contributed by atoms with Crippen LogP contribution >= 0.6 is 0 Å². The summed E-state index contributed by atoms with van der Waals surface area (Å²) in [5.41, 5.74) is 0.0580. The van der Waals surface area contributed by atoms with Crippen molar-refractivity contribution in [2.75, 3.05) is 6.54 Å². The van der Waals surface area contributed by atoms with Crippen LogP contribution in [0, 0.1) is 18.6 Å². The van der Waals surface area contributed by atoms with Gasteiger partial charge in [-0.15, -0.1) is 0 Å². The number of halogens is 2. The molecule has 0 N–H and O–H groups in total. The zero-order valence-electron chi connectivity index (χ0n) is 10.7. The smallest absolute Gasteiger partial charge is 0.257 e. The van der Waals surface area contributed by atoms with Crippen LogP contribution in [-0.4, -0.2) is 23.4 Å². The molecule has 1 saturated heterocycles. The number of benzene rings is 1. The van der Waals surface area contributed by atoms with Crippen molar-refractivity contribution in [3.63, 3.8) is 0 Å². The number of nitrogens with zero attached hydrogens (tertiary/aromatic N) is 1. The quantitative estimate of drug-likeness (QED) is 0.752. The Hall–Kier alpha value is -1.45. The fourth-order valence-corrected chi connectivity index (χ4v) is 2.37. The van der Waals surface area contributed by atoms with Gasteiger partial charge in [0.05, 0.1) is 5.56 Å². The molecule has 1 fully saturated rings. The predicted octanol–water partition coefficient (Wildman–Crippen LogP) is 3.29. The minimum Gasteiger partial charge on any atom is -0.336 e. The molecule has 18 heavy (non-hydrogen) atoms. The molecule has 1 amide bonds. The highest BCUT2D eigenvalue weighted by Gasteiger charge is 2.27. The molecule has 0 unspecified atom stereocenters. The van der Waals surface area contributed by atoms with E-state index in [-0.39, 0.29) is 17.2 Å². The second-order valence-electron chi connectivity index (χ2n) is 4.90. The first-order valence-corrected chi connectivity index (χ1v) is 6.28. The maximum absolute atomic E-state index is 13.8. The van der Waals surface area contributed by atoms with E-state index in [1.54, 1.807) is 4.90 Å². The SMILES string of the molecule is Cc1ccc(C(=O)N2CCCC[C@H]2C)c(F)c1F. The summed E-state index contributed by atoms with van der Waals surface area (Å²) in [6, 6.07) is 2.91. The van der Waals surface area contributed by atoms with Gasteiger partial charge in [-0.05, 0) is 44.7 Å². The highest BCUT2D eigenvalue weighted by Crippen LogP contribution is 2.22. The van der Waals surface area contributed by atoms with Gasteiger partial charge in [0.1, 0.15) is 0 Å². The highest BCUT2D eigenvalue weighted by molar-refractivity contribution is 5.94. The first-order chi connectivity index (χ1) is 8.52. The van der Waals surface area contributed by atoms with Crippen molar-refractivity contribution in [2.24, 2.45) is 0 Å². The van der Waals surface area contributed by atoms with Gasteiger partial charge < -0.3 is 4.90 Å². The van der Waals surface area contributed by atoms with Crippen LogP contribution in [0.2, 0.25) is 0 Å². The molecular weight excluding hydrogens is 236 g/mol. The van der Waals surface area contributed by atoms with Crippen LogP contribution in [-0.2, 0) is 0 Å². The predicted molar refractivity (Wildman–Crippen MR) is 65.4 cm³/mol. The lowest BCUT2D eigenvalue weighted by Crippen LogP contribution is -2.42. The van der Waals surface area contributed by atoms with Crippen LogP contribution in [0.3, 0.4) is 0 Å². The summed E-state index contributed by atoms with van der Waals surface area (Å²) < 4.78 is 27.2. The summed E-state index contributed by atoms with van der Waals surface area (Å²) in [4.78, 5) is 13.8. The van der Waals surface area contributed by atoms with E-state index in [0.717, 1.165) is 19.3 Å².